The van der Waals surface area contributed by atoms with E-state index in [9.17, 15) is 5.11 Å². The van der Waals surface area contributed by atoms with Crippen molar-refractivity contribution < 1.29 is 5.11 Å². The average molecular weight is 349 g/mol. The SMILES string of the molecule is CCCC12CN3CC(CCC)(CN(C1)C3c1ccccc1Cl)C2O. The lowest BCUT2D eigenvalue weighted by atomic mass is 9.56. The standard InChI is InChI=1S/C20H29ClN2O/c1-3-9-19-11-22-13-20(10-4-2,18(19)24)14-23(12-19)17(22)15-7-5-6-8-16(15)21/h5-8,17-18,24H,3-4,9-14H2,1-2H3. The van der Waals surface area contributed by atoms with Crippen molar-refractivity contribution in [3.05, 3.63) is 34.9 Å². The predicted octanol–water partition coefficient (Wildman–Crippen LogP) is 3.92. The lowest BCUT2D eigenvalue weighted by molar-refractivity contribution is -0.268. The van der Waals surface area contributed by atoms with Crippen LogP contribution in [-0.2, 0) is 0 Å². The molecule has 0 unspecified atom stereocenters. The summed E-state index contributed by atoms with van der Waals surface area (Å²) in [4.78, 5) is 5.21. The van der Waals surface area contributed by atoms with Gasteiger partial charge in [0, 0.05) is 47.6 Å². The molecule has 1 aromatic carbocycles. The Hall–Kier alpha value is -0.610. The lowest BCUT2D eigenvalue weighted by Gasteiger charge is -2.70. The van der Waals surface area contributed by atoms with Gasteiger partial charge in [-0.05, 0) is 18.9 Å². The lowest BCUT2D eigenvalue weighted by Crippen LogP contribution is -2.78. The van der Waals surface area contributed by atoms with Crippen LogP contribution in [-0.4, -0.2) is 47.2 Å². The molecule has 4 aliphatic heterocycles. The maximum atomic E-state index is 11.3. The monoisotopic (exact) mass is 348 g/mol. The third-order valence-electron chi connectivity index (χ3n) is 6.60. The van der Waals surface area contributed by atoms with E-state index in [4.69, 9.17) is 11.6 Å². The van der Waals surface area contributed by atoms with Gasteiger partial charge in [0.1, 0.15) is 0 Å². The summed E-state index contributed by atoms with van der Waals surface area (Å²) >= 11 is 6.53. The first-order chi connectivity index (χ1) is 11.6. The minimum absolute atomic E-state index is 0.0399. The number of aliphatic hydroxyl groups is 1. The molecule has 4 heteroatoms. The minimum atomic E-state index is -0.162. The van der Waals surface area contributed by atoms with E-state index < -0.39 is 0 Å². The number of aliphatic hydroxyl groups excluding tert-OH is 1. The van der Waals surface area contributed by atoms with Crippen molar-refractivity contribution in [2.45, 2.75) is 51.8 Å². The van der Waals surface area contributed by atoms with E-state index in [0.29, 0.717) is 0 Å². The van der Waals surface area contributed by atoms with E-state index in [1.165, 1.54) is 5.56 Å². The highest BCUT2D eigenvalue weighted by Crippen LogP contribution is 2.58. The summed E-state index contributed by atoms with van der Waals surface area (Å²) in [5.41, 5.74) is 1.31. The number of rotatable bonds is 5. The molecule has 0 saturated carbocycles. The Morgan fingerprint density at radius 1 is 1.00 bits per heavy atom. The fraction of sp³-hybridized carbons (Fsp3) is 0.700. The molecule has 24 heavy (non-hydrogen) atoms. The van der Waals surface area contributed by atoms with Gasteiger partial charge in [0.2, 0.25) is 0 Å². The molecule has 0 radical (unpaired) electrons. The number of benzene rings is 1. The molecule has 0 aliphatic carbocycles. The van der Waals surface area contributed by atoms with Gasteiger partial charge in [0.25, 0.3) is 0 Å². The van der Waals surface area contributed by atoms with Gasteiger partial charge in [-0.2, -0.15) is 0 Å². The Morgan fingerprint density at radius 2 is 1.50 bits per heavy atom. The van der Waals surface area contributed by atoms with Crippen LogP contribution in [0.4, 0.5) is 0 Å². The normalized spacial score (nSPS) is 43.3. The molecule has 1 N–H and O–H groups in total. The van der Waals surface area contributed by atoms with Crippen LogP contribution in [0, 0.1) is 10.8 Å². The van der Waals surface area contributed by atoms with Crippen molar-refractivity contribution in [3.63, 3.8) is 0 Å². The summed E-state index contributed by atoms with van der Waals surface area (Å²) < 4.78 is 0. The topological polar surface area (TPSA) is 26.7 Å². The van der Waals surface area contributed by atoms with E-state index in [2.05, 4.69) is 35.8 Å². The van der Waals surface area contributed by atoms with E-state index in [-0.39, 0.29) is 23.1 Å². The first-order valence-electron chi connectivity index (χ1n) is 9.46. The second kappa shape index (κ2) is 5.98. The maximum Gasteiger partial charge on any atom is 0.0901 e. The van der Waals surface area contributed by atoms with E-state index >= 15 is 0 Å². The predicted molar refractivity (Wildman–Crippen MR) is 98.0 cm³/mol. The molecule has 4 aliphatic rings. The summed E-state index contributed by atoms with van der Waals surface area (Å²) in [7, 11) is 0. The largest absolute Gasteiger partial charge is 0.392 e. The minimum Gasteiger partial charge on any atom is -0.392 e. The molecule has 5 rings (SSSR count). The highest BCUT2D eigenvalue weighted by Gasteiger charge is 2.64. The molecular weight excluding hydrogens is 320 g/mol. The molecule has 4 bridgehead atoms. The molecule has 4 heterocycles. The van der Waals surface area contributed by atoms with Gasteiger partial charge in [-0.25, -0.2) is 0 Å². The summed E-state index contributed by atoms with van der Waals surface area (Å²) in [5.74, 6) is 0. The second-order valence-corrected chi connectivity index (χ2v) is 8.74. The molecule has 0 atom stereocenters. The van der Waals surface area contributed by atoms with Crippen LogP contribution >= 0.6 is 11.6 Å². The molecule has 1 aromatic rings. The smallest absolute Gasteiger partial charge is 0.0901 e. The summed E-state index contributed by atoms with van der Waals surface area (Å²) in [6.07, 6.45) is 4.62. The highest BCUT2D eigenvalue weighted by molar-refractivity contribution is 6.31. The third-order valence-corrected chi connectivity index (χ3v) is 6.95. The maximum absolute atomic E-state index is 11.3. The van der Waals surface area contributed by atoms with Crippen LogP contribution in [0.15, 0.2) is 24.3 Å². The number of piperidine rings is 2. The Bertz CT molecular complexity index is 577. The van der Waals surface area contributed by atoms with Crippen molar-refractivity contribution in [3.8, 4) is 0 Å². The molecule has 0 spiro atoms. The zero-order chi connectivity index (χ0) is 16.9. The molecular formula is C20H29ClN2O. The van der Waals surface area contributed by atoms with Crippen LogP contribution in [0.25, 0.3) is 0 Å². The molecule has 132 valence electrons. The van der Waals surface area contributed by atoms with E-state index in [1.54, 1.807) is 0 Å². The van der Waals surface area contributed by atoms with Crippen LogP contribution in [0.3, 0.4) is 0 Å². The molecule has 0 amide bonds. The number of hydrogen-bond donors (Lipinski definition) is 1. The van der Waals surface area contributed by atoms with Crippen molar-refractivity contribution in [2.24, 2.45) is 10.8 Å². The van der Waals surface area contributed by atoms with Gasteiger partial charge >= 0.3 is 0 Å². The van der Waals surface area contributed by atoms with Crippen molar-refractivity contribution in [2.75, 3.05) is 26.2 Å². The molecule has 4 saturated heterocycles. The first kappa shape index (κ1) is 16.8. The molecule has 4 fully saturated rings. The van der Waals surface area contributed by atoms with Gasteiger partial charge in [-0.1, -0.05) is 56.5 Å². The fourth-order valence-electron chi connectivity index (χ4n) is 6.07. The number of hydrogen-bond acceptors (Lipinski definition) is 3. The van der Waals surface area contributed by atoms with Crippen molar-refractivity contribution >= 4 is 11.6 Å². The van der Waals surface area contributed by atoms with Gasteiger partial charge in [0.05, 0.1) is 12.3 Å². The van der Waals surface area contributed by atoms with Crippen LogP contribution in [0.5, 0.6) is 0 Å². The third kappa shape index (κ3) is 2.28. The molecule has 0 aromatic heterocycles. The van der Waals surface area contributed by atoms with Crippen LogP contribution in [0.2, 0.25) is 5.02 Å². The zero-order valence-electron chi connectivity index (χ0n) is 14.8. The summed E-state index contributed by atoms with van der Waals surface area (Å²) in [6, 6.07) is 8.27. The van der Waals surface area contributed by atoms with Gasteiger partial charge in [-0.15, -0.1) is 0 Å². The Morgan fingerprint density at radius 3 is 1.96 bits per heavy atom. The van der Waals surface area contributed by atoms with Gasteiger partial charge in [0.15, 0.2) is 0 Å². The Kier molecular flexibility index (Phi) is 4.20. The zero-order valence-corrected chi connectivity index (χ0v) is 15.6. The first-order valence-corrected chi connectivity index (χ1v) is 9.84. The van der Waals surface area contributed by atoms with E-state index in [1.807, 2.05) is 12.1 Å². The van der Waals surface area contributed by atoms with Crippen molar-refractivity contribution in [1.29, 1.82) is 0 Å². The summed E-state index contributed by atoms with van der Waals surface area (Å²) in [6.45, 7) is 8.49. The average Bonchev–Trinajstić information content (AvgIpc) is 2.53. The number of nitrogens with zero attached hydrogens (tertiary/aromatic N) is 2. The number of halogens is 1. The highest BCUT2D eigenvalue weighted by atomic mass is 35.5. The fourth-order valence-corrected chi connectivity index (χ4v) is 6.30. The van der Waals surface area contributed by atoms with Crippen LogP contribution in [0.1, 0.15) is 51.3 Å². The van der Waals surface area contributed by atoms with E-state index in [0.717, 1.165) is 56.9 Å². The Labute approximate surface area is 150 Å². The summed E-state index contributed by atoms with van der Waals surface area (Å²) in [5, 5.41) is 12.2. The van der Waals surface area contributed by atoms with Crippen molar-refractivity contribution in [1.82, 2.24) is 9.80 Å². The quantitative estimate of drug-likeness (QED) is 0.873. The second-order valence-electron chi connectivity index (χ2n) is 8.33. The Balaban J connectivity index is 1.74. The van der Waals surface area contributed by atoms with Gasteiger partial charge < -0.3 is 5.11 Å². The van der Waals surface area contributed by atoms with Gasteiger partial charge in [-0.3, -0.25) is 9.80 Å². The molecule has 3 nitrogen and oxygen atoms in total. The van der Waals surface area contributed by atoms with Crippen LogP contribution < -0.4 is 0 Å².